The summed E-state index contributed by atoms with van der Waals surface area (Å²) in [4.78, 5) is 22.6. The van der Waals surface area contributed by atoms with E-state index < -0.39 is 5.41 Å². The van der Waals surface area contributed by atoms with Crippen molar-refractivity contribution >= 4 is 23.7 Å². The molecule has 0 bridgehead atoms. The standard InChI is InChI=1S/C22H29ClN4O/c1-17-16-25-9-6-20(17)26-12-14-27(15-13-26)21(28)22(7-10-24-11-8-22)18-2-4-19(23)5-3-18/h2-6,9,17,24H,7-8,10-16H2,1H3/t17-/m1/s1. The maximum Gasteiger partial charge on any atom is 0.233 e. The summed E-state index contributed by atoms with van der Waals surface area (Å²) in [5.41, 5.74) is 2.03. The van der Waals surface area contributed by atoms with Crippen LogP contribution in [0.2, 0.25) is 5.02 Å². The molecular formula is C22H29ClN4O. The fraction of sp³-hybridized carbons (Fsp3) is 0.545. The molecule has 2 saturated heterocycles. The van der Waals surface area contributed by atoms with Crippen LogP contribution in [0, 0.1) is 5.92 Å². The first-order valence-corrected chi connectivity index (χ1v) is 10.7. The molecule has 150 valence electrons. The Balaban J connectivity index is 1.50. The molecule has 3 aliphatic heterocycles. The summed E-state index contributed by atoms with van der Waals surface area (Å²) in [6, 6.07) is 7.89. The number of amides is 1. The van der Waals surface area contributed by atoms with Gasteiger partial charge in [-0.1, -0.05) is 30.7 Å². The second kappa shape index (κ2) is 8.26. The van der Waals surface area contributed by atoms with Crippen LogP contribution in [0.3, 0.4) is 0 Å². The minimum atomic E-state index is -0.429. The number of carbonyl (C=O) groups is 1. The molecule has 28 heavy (non-hydrogen) atoms. The first kappa shape index (κ1) is 19.5. The second-order valence-corrected chi connectivity index (χ2v) is 8.56. The Kier molecular flexibility index (Phi) is 5.74. The number of piperidine rings is 1. The van der Waals surface area contributed by atoms with Crippen molar-refractivity contribution in [2.45, 2.75) is 25.2 Å². The number of aliphatic imine (C=N–C) groups is 1. The molecule has 1 atom stereocenters. The van der Waals surface area contributed by atoms with Crippen molar-refractivity contribution in [2.75, 3.05) is 45.8 Å². The zero-order valence-electron chi connectivity index (χ0n) is 16.5. The minimum absolute atomic E-state index is 0.281. The first-order valence-electron chi connectivity index (χ1n) is 10.3. The van der Waals surface area contributed by atoms with E-state index in [0.29, 0.717) is 10.9 Å². The Morgan fingerprint density at radius 2 is 1.82 bits per heavy atom. The number of nitrogens with one attached hydrogen (secondary N) is 1. The van der Waals surface area contributed by atoms with E-state index in [9.17, 15) is 4.79 Å². The average Bonchev–Trinajstić information content (AvgIpc) is 2.75. The predicted molar refractivity (Wildman–Crippen MR) is 114 cm³/mol. The summed E-state index contributed by atoms with van der Waals surface area (Å²) in [5.74, 6) is 0.736. The molecule has 2 fully saturated rings. The maximum absolute atomic E-state index is 13.7. The van der Waals surface area contributed by atoms with Crippen LogP contribution in [0.5, 0.6) is 0 Å². The zero-order valence-corrected chi connectivity index (χ0v) is 17.3. The van der Waals surface area contributed by atoms with Gasteiger partial charge in [0.15, 0.2) is 0 Å². The SMILES string of the molecule is C[C@@H]1CN=CC=C1N1CCN(C(=O)C2(c3ccc(Cl)cc3)CCNCC2)CC1. The molecule has 0 aromatic heterocycles. The Labute approximate surface area is 172 Å². The molecule has 1 aromatic carbocycles. The maximum atomic E-state index is 13.7. The van der Waals surface area contributed by atoms with E-state index in [1.165, 1.54) is 5.70 Å². The molecule has 0 radical (unpaired) electrons. The largest absolute Gasteiger partial charge is 0.371 e. The molecule has 0 aliphatic carbocycles. The monoisotopic (exact) mass is 400 g/mol. The van der Waals surface area contributed by atoms with Crippen LogP contribution >= 0.6 is 11.6 Å². The highest BCUT2D eigenvalue weighted by Gasteiger charge is 2.44. The quantitative estimate of drug-likeness (QED) is 0.848. The number of nitrogens with zero attached hydrogens (tertiary/aromatic N) is 3. The van der Waals surface area contributed by atoms with E-state index in [-0.39, 0.29) is 5.91 Å². The Hall–Kier alpha value is -1.85. The number of hydrogen-bond donors (Lipinski definition) is 1. The lowest BCUT2D eigenvalue weighted by Gasteiger charge is -2.44. The number of hydrogen-bond acceptors (Lipinski definition) is 4. The number of benzene rings is 1. The third kappa shape index (κ3) is 3.70. The molecule has 4 rings (SSSR count). The van der Waals surface area contributed by atoms with Crippen LogP contribution in [-0.2, 0) is 10.2 Å². The van der Waals surface area contributed by atoms with Crippen LogP contribution in [0.4, 0.5) is 0 Å². The summed E-state index contributed by atoms with van der Waals surface area (Å²) in [6.45, 7) is 8.18. The predicted octanol–water partition coefficient (Wildman–Crippen LogP) is 2.71. The van der Waals surface area contributed by atoms with Crippen LogP contribution in [0.25, 0.3) is 0 Å². The highest BCUT2D eigenvalue weighted by atomic mass is 35.5. The third-order valence-electron chi connectivity index (χ3n) is 6.43. The fourth-order valence-electron chi connectivity index (χ4n) is 4.74. The minimum Gasteiger partial charge on any atom is -0.371 e. The van der Waals surface area contributed by atoms with E-state index in [2.05, 4.69) is 33.1 Å². The van der Waals surface area contributed by atoms with Gasteiger partial charge in [-0.15, -0.1) is 0 Å². The number of allylic oxidation sites excluding steroid dienone is 1. The van der Waals surface area contributed by atoms with Crippen molar-refractivity contribution in [1.29, 1.82) is 0 Å². The second-order valence-electron chi connectivity index (χ2n) is 8.13. The van der Waals surface area contributed by atoms with Gasteiger partial charge in [0, 0.05) is 55.6 Å². The molecule has 5 nitrogen and oxygen atoms in total. The van der Waals surface area contributed by atoms with Gasteiger partial charge in [-0.05, 0) is 49.7 Å². The number of halogens is 1. The molecule has 1 aromatic rings. The number of rotatable bonds is 3. The summed E-state index contributed by atoms with van der Waals surface area (Å²) < 4.78 is 0. The van der Waals surface area contributed by atoms with E-state index >= 15 is 0 Å². The molecule has 1 amide bonds. The molecule has 3 heterocycles. The number of piperazine rings is 1. The van der Waals surface area contributed by atoms with Gasteiger partial charge in [0.05, 0.1) is 5.41 Å². The molecule has 0 spiro atoms. The van der Waals surface area contributed by atoms with Gasteiger partial charge in [0.25, 0.3) is 0 Å². The number of dihydropyridines is 1. The summed E-state index contributed by atoms with van der Waals surface area (Å²) in [5, 5.41) is 4.12. The van der Waals surface area contributed by atoms with E-state index in [0.717, 1.165) is 64.2 Å². The molecule has 0 saturated carbocycles. The molecule has 6 heteroatoms. The lowest BCUT2D eigenvalue weighted by molar-refractivity contribution is -0.140. The summed E-state index contributed by atoms with van der Waals surface area (Å²) in [7, 11) is 0. The van der Waals surface area contributed by atoms with Gasteiger partial charge in [-0.3, -0.25) is 9.79 Å². The Bertz CT molecular complexity index is 759. The van der Waals surface area contributed by atoms with Crippen LogP contribution in [-0.4, -0.2) is 67.7 Å². The lowest BCUT2D eigenvalue weighted by Crippen LogP contribution is -2.57. The lowest BCUT2D eigenvalue weighted by atomic mass is 9.72. The van der Waals surface area contributed by atoms with Gasteiger partial charge in [0.2, 0.25) is 5.91 Å². The van der Waals surface area contributed by atoms with Crippen LogP contribution in [0.1, 0.15) is 25.3 Å². The fourth-order valence-corrected chi connectivity index (χ4v) is 4.87. The molecule has 0 unspecified atom stereocenters. The number of carbonyl (C=O) groups excluding carboxylic acids is 1. The third-order valence-corrected chi connectivity index (χ3v) is 6.68. The normalized spacial score (nSPS) is 24.8. The molecule has 3 aliphatic rings. The van der Waals surface area contributed by atoms with Crippen LogP contribution in [0.15, 0.2) is 41.0 Å². The molecular weight excluding hydrogens is 372 g/mol. The topological polar surface area (TPSA) is 47.9 Å². The summed E-state index contributed by atoms with van der Waals surface area (Å²) in [6.07, 6.45) is 5.73. The van der Waals surface area contributed by atoms with Crippen molar-refractivity contribution in [3.63, 3.8) is 0 Å². The van der Waals surface area contributed by atoms with Gasteiger partial charge in [-0.25, -0.2) is 0 Å². The van der Waals surface area contributed by atoms with Gasteiger partial charge in [0.1, 0.15) is 0 Å². The van der Waals surface area contributed by atoms with Crippen molar-refractivity contribution in [3.8, 4) is 0 Å². The Morgan fingerprint density at radius 1 is 1.14 bits per heavy atom. The van der Waals surface area contributed by atoms with Crippen LogP contribution < -0.4 is 5.32 Å². The molecule has 1 N–H and O–H groups in total. The van der Waals surface area contributed by atoms with E-state index in [1.54, 1.807) is 0 Å². The highest BCUT2D eigenvalue weighted by Crippen LogP contribution is 2.36. The van der Waals surface area contributed by atoms with Gasteiger partial charge in [-0.2, -0.15) is 0 Å². The van der Waals surface area contributed by atoms with Crippen molar-refractivity contribution in [1.82, 2.24) is 15.1 Å². The van der Waals surface area contributed by atoms with Crippen molar-refractivity contribution in [3.05, 3.63) is 46.6 Å². The van der Waals surface area contributed by atoms with Crippen molar-refractivity contribution in [2.24, 2.45) is 10.9 Å². The highest BCUT2D eigenvalue weighted by molar-refractivity contribution is 6.30. The van der Waals surface area contributed by atoms with Gasteiger partial charge >= 0.3 is 0 Å². The van der Waals surface area contributed by atoms with E-state index in [4.69, 9.17) is 11.6 Å². The zero-order chi connectivity index (χ0) is 19.6. The Morgan fingerprint density at radius 3 is 2.46 bits per heavy atom. The summed E-state index contributed by atoms with van der Waals surface area (Å²) >= 11 is 6.10. The average molecular weight is 401 g/mol. The van der Waals surface area contributed by atoms with E-state index in [1.807, 2.05) is 30.5 Å². The van der Waals surface area contributed by atoms with Gasteiger partial charge < -0.3 is 15.1 Å². The van der Waals surface area contributed by atoms with Crippen molar-refractivity contribution < 1.29 is 4.79 Å². The smallest absolute Gasteiger partial charge is 0.233 e. The first-order chi connectivity index (χ1) is 13.6.